The number of piperidine rings is 1. The molecule has 1 saturated heterocycles. The van der Waals surface area contributed by atoms with Gasteiger partial charge in [0, 0.05) is 11.7 Å². The Morgan fingerprint density at radius 1 is 1.42 bits per heavy atom. The van der Waals surface area contributed by atoms with Crippen LogP contribution in [-0.2, 0) is 10.2 Å². The van der Waals surface area contributed by atoms with Crippen molar-refractivity contribution < 1.29 is 9.18 Å². The Bertz CT molecular complexity index is 529. The normalized spacial score (nSPS) is 29.7. The monoisotopic (exact) mass is 262 g/mol. The number of hydrogen-bond donors (Lipinski definition) is 2. The zero-order chi connectivity index (χ0) is 13.6. The summed E-state index contributed by atoms with van der Waals surface area (Å²) in [6, 6.07) is 4.65. The molecule has 102 valence electrons. The van der Waals surface area contributed by atoms with E-state index in [1.54, 1.807) is 6.07 Å². The predicted octanol–water partition coefficient (Wildman–Crippen LogP) is 2.42. The molecule has 1 spiro atoms. The number of hydrogen-bond acceptors (Lipinski definition) is 2. The first-order valence-corrected chi connectivity index (χ1v) is 6.90. The Balaban J connectivity index is 2.17. The van der Waals surface area contributed by atoms with E-state index in [2.05, 4.69) is 24.5 Å². The first-order valence-electron chi connectivity index (χ1n) is 6.90. The van der Waals surface area contributed by atoms with Crippen molar-refractivity contribution >= 4 is 11.6 Å². The molecule has 19 heavy (non-hydrogen) atoms. The van der Waals surface area contributed by atoms with E-state index in [1.165, 1.54) is 12.1 Å². The third kappa shape index (κ3) is 1.70. The molecule has 2 N–H and O–H groups in total. The molecule has 3 nitrogen and oxygen atoms in total. The highest BCUT2D eigenvalue weighted by Gasteiger charge is 2.54. The van der Waals surface area contributed by atoms with Crippen LogP contribution >= 0.6 is 0 Å². The van der Waals surface area contributed by atoms with Crippen LogP contribution in [0.3, 0.4) is 0 Å². The summed E-state index contributed by atoms with van der Waals surface area (Å²) in [5, 5.41) is 6.38. The van der Waals surface area contributed by atoms with Gasteiger partial charge in [-0.3, -0.25) is 4.79 Å². The van der Waals surface area contributed by atoms with E-state index < -0.39 is 5.41 Å². The Morgan fingerprint density at radius 2 is 2.21 bits per heavy atom. The molecule has 1 fully saturated rings. The van der Waals surface area contributed by atoms with Crippen molar-refractivity contribution in [3.05, 3.63) is 29.6 Å². The van der Waals surface area contributed by atoms with Crippen molar-refractivity contribution in [2.75, 3.05) is 11.9 Å². The number of anilines is 1. The minimum atomic E-state index is -0.607. The largest absolute Gasteiger partial charge is 0.325 e. The average molecular weight is 262 g/mol. The molecular formula is C15H19FN2O. The van der Waals surface area contributed by atoms with Gasteiger partial charge in [-0.15, -0.1) is 0 Å². The lowest BCUT2D eigenvalue weighted by Gasteiger charge is -2.42. The van der Waals surface area contributed by atoms with Gasteiger partial charge in [0.2, 0.25) is 5.91 Å². The molecule has 1 aromatic rings. The quantitative estimate of drug-likeness (QED) is 0.816. The number of carbonyl (C=O) groups excluding carboxylic acids is 1. The SMILES string of the molecule is CC(C)[C@H]1NCCCC12C(=O)Nc1ccc(F)cc12. The molecule has 0 bridgehead atoms. The van der Waals surface area contributed by atoms with E-state index in [0.717, 1.165) is 30.6 Å². The molecule has 0 aliphatic carbocycles. The first-order chi connectivity index (χ1) is 9.05. The second-order valence-electron chi connectivity index (χ2n) is 5.89. The summed E-state index contributed by atoms with van der Waals surface area (Å²) in [6.07, 6.45) is 1.72. The molecule has 3 rings (SSSR count). The molecular weight excluding hydrogens is 243 g/mol. The summed E-state index contributed by atoms with van der Waals surface area (Å²) in [5.74, 6) is 0.0574. The van der Waals surface area contributed by atoms with Crippen molar-refractivity contribution in [1.82, 2.24) is 5.32 Å². The third-order valence-electron chi connectivity index (χ3n) is 4.43. The third-order valence-corrected chi connectivity index (χ3v) is 4.43. The standard InChI is InChI=1S/C15H19FN2O/c1-9(2)13-15(6-3-7-17-13)11-8-10(16)4-5-12(11)18-14(15)19/h4-5,8-9,13,17H,3,6-7H2,1-2H3,(H,18,19)/t13-,15?/m1/s1. The second-order valence-corrected chi connectivity index (χ2v) is 5.89. The fourth-order valence-corrected chi connectivity index (χ4v) is 3.67. The van der Waals surface area contributed by atoms with Crippen LogP contribution < -0.4 is 10.6 Å². The Labute approximate surface area is 112 Å². The van der Waals surface area contributed by atoms with Crippen LogP contribution in [0.15, 0.2) is 18.2 Å². The van der Waals surface area contributed by atoms with Gasteiger partial charge < -0.3 is 10.6 Å². The van der Waals surface area contributed by atoms with Crippen LogP contribution in [0.5, 0.6) is 0 Å². The molecule has 0 radical (unpaired) electrons. The number of amides is 1. The highest BCUT2D eigenvalue weighted by atomic mass is 19.1. The highest BCUT2D eigenvalue weighted by molar-refractivity contribution is 6.07. The van der Waals surface area contributed by atoms with Crippen LogP contribution in [-0.4, -0.2) is 18.5 Å². The van der Waals surface area contributed by atoms with Crippen LogP contribution in [0.2, 0.25) is 0 Å². The number of fused-ring (bicyclic) bond motifs is 2. The van der Waals surface area contributed by atoms with Crippen LogP contribution in [0.4, 0.5) is 10.1 Å². The number of nitrogens with one attached hydrogen (secondary N) is 2. The van der Waals surface area contributed by atoms with E-state index >= 15 is 0 Å². The average Bonchev–Trinajstić information content (AvgIpc) is 2.64. The number of benzene rings is 1. The van der Waals surface area contributed by atoms with E-state index in [9.17, 15) is 9.18 Å². The Morgan fingerprint density at radius 3 is 2.95 bits per heavy atom. The van der Waals surface area contributed by atoms with Gasteiger partial charge in [-0.2, -0.15) is 0 Å². The Kier molecular flexibility index (Phi) is 2.86. The molecule has 0 saturated carbocycles. The Hall–Kier alpha value is -1.42. The fraction of sp³-hybridized carbons (Fsp3) is 0.533. The first kappa shape index (κ1) is 12.6. The fourth-order valence-electron chi connectivity index (χ4n) is 3.67. The minimum Gasteiger partial charge on any atom is -0.325 e. The zero-order valence-electron chi connectivity index (χ0n) is 11.3. The maximum atomic E-state index is 13.6. The van der Waals surface area contributed by atoms with Crippen molar-refractivity contribution in [2.24, 2.45) is 5.92 Å². The van der Waals surface area contributed by atoms with E-state index in [4.69, 9.17) is 0 Å². The molecule has 4 heteroatoms. The summed E-state index contributed by atoms with van der Waals surface area (Å²) >= 11 is 0. The summed E-state index contributed by atoms with van der Waals surface area (Å²) in [4.78, 5) is 12.6. The predicted molar refractivity (Wildman–Crippen MR) is 72.6 cm³/mol. The summed E-state index contributed by atoms with van der Waals surface area (Å²) in [6.45, 7) is 5.13. The smallest absolute Gasteiger partial charge is 0.236 e. The van der Waals surface area contributed by atoms with Crippen molar-refractivity contribution in [1.29, 1.82) is 0 Å². The highest BCUT2D eigenvalue weighted by Crippen LogP contribution is 2.46. The molecule has 2 atom stereocenters. The van der Waals surface area contributed by atoms with E-state index in [-0.39, 0.29) is 17.8 Å². The number of rotatable bonds is 1. The molecule has 0 aromatic heterocycles. The van der Waals surface area contributed by atoms with Crippen molar-refractivity contribution in [3.8, 4) is 0 Å². The lowest BCUT2D eigenvalue weighted by Crippen LogP contribution is -2.58. The van der Waals surface area contributed by atoms with E-state index in [0.29, 0.717) is 5.92 Å². The molecule has 2 aliphatic rings. The maximum Gasteiger partial charge on any atom is 0.236 e. The van der Waals surface area contributed by atoms with Gasteiger partial charge in [-0.05, 0) is 49.1 Å². The van der Waals surface area contributed by atoms with Gasteiger partial charge in [-0.1, -0.05) is 13.8 Å². The maximum absolute atomic E-state index is 13.6. The van der Waals surface area contributed by atoms with Crippen LogP contribution in [0, 0.1) is 11.7 Å². The van der Waals surface area contributed by atoms with Crippen molar-refractivity contribution in [3.63, 3.8) is 0 Å². The van der Waals surface area contributed by atoms with Gasteiger partial charge in [0.25, 0.3) is 0 Å². The molecule has 1 aromatic carbocycles. The summed E-state index contributed by atoms with van der Waals surface area (Å²) in [7, 11) is 0. The molecule has 2 aliphatic heterocycles. The number of halogens is 1. The van der Waals surface area contributed by atoms with Gasteiger partial charge >= 0.3 is 0 Å². The second kappa shape index (κ2) is 4.30. The lowest BCUT2D eigenvalue weighted by molar-refractivity contribution is -0.123. The van der Waals surface area contributed by atoms with Crippen molar-refractivity contribution in [2.45, 2.75) is 38.1 Å². The van der Waals surface area contributed by atoms with Gasteiger partial charge in [-0.25, -0.2) is 4.39 Å². The van der Waals surface area contributed by atoms with Gasteiger partial charge in [0.05, 0.1) is 5.41 Å². The van der Waals surface area contributed by atoms with Gasteiger partial charge in [0.15, 0.2) is 0 Å². The zero-order valence-corrected chi connectivity index (χ0v) is 11.3. The topological polar surface area (TPSA) is 41.1 Å². The van der Waals surface area contributed by atoms with Gasteiger partial charge in [0.1, 0.15) is 5.82 Å². The van der Waals surface area contributed by atoms with Crippen LogP contribution in [0.1, 0.15) is 32.3 Å². The molecule has 1 unspecified atom stereocenters. The summed E-state index contributed by atoms with van der Waals surface area (Å²) in [5.41, 5.74) is 0.980. The minimum absolute atomic E-state index is 0.0130. The molecule has 1 amide bonds. The van der Waals surface area contributed by atoms with Crippen LogP contribution in [0.25, 0.3) is 0 Å². The molecule has 2 heterocycles. The lowest BCUT2D eigenvalue weighted by atomic mass is 9.66. The number of carbonyl (C=O) groups is 1. The summed E-state index contributed by atoms with van der Waals surface area (Å²) < 4.78 is 13.6. The van der Waals surface area contributed by atoms with E-state index in [1.807, 2.05) is 0 Å².